The van der Waals surface area contributed by atoms with E-state index in [1.165, 1.54) is 4.31 Å². The van der Waals surface area contributed by atoms with Crippen molar-refractivity contribution in [1.29, 1.82) is 0 Å². The zero-order chi connectivity index (χ0) is 18.7. The Bertz CT molecular complexity index is 693. The lowest BCUT2D eigenvalue weighted by Crippen LogP contribution is -2.49. The van der Waals surface area contributed by atoms with E-state index in [2.05, 4.69) is 5.32 Å². The highest BCUT2D eigenvalue weighted by atomic mass is 32.2. The number of alkyl carbamates (subject to hydrolysis) is 1. The first-order valence-corrected chi connectivity index (χ1v) is 10.1. The minimum absolute atomic E-state index is 0.250. The molecule has 1 fully saturated rings. The molecule has 0 radical (unpaired) electrons. The van der Waals surface area contributed by atoms with Gasteiger partial charge in [0.25, 0.3) is 0 Å². The Morgan fingerprint density at radius 2 is 1.88 bits per heavy atom. The van der Waals surface area contributed by atoms with Gasteiger partial charge in [-0.05, 0) is 52.7 Å². The average molecular weight is 368 g/mol. The molecule has 0 unspecified atom stereocenters. The summed E-state index contributed by atoms with van der Waals surface area (Å²) < 4.78 is 32.7. The molecule has 1 heterocycles. The lowest BCUT2D eigenvalue weighted by atomic mass is 10.1. The summed E-state index contributed by atoms with van der Waals surface area (Å²) in [5.74, 6) is 0. The number of nitrogens with one attached hydrogen (secondary N) is 1. The molecule has 0 spiro atoms. The number of nitrogens with zero attached hydrogens (tertiary/aromatic N) is 1. The lowest BCUT2D eigenvalue weighted by Gasteiger charge is -2.35. The molecule has 1 N–H and O–H groups in total. The predicted octanol–water partition coefficient (Wildman–Crippen LogP) is 3.06. The van der Waals surface area contributed by atoms with Gasteiger partial charge in [-0.15, -0.1) is 0 Å². The Hall–Kier alpha value is -1.60. The molecule has 140 valence electrons. The fourth-order valence-electron chi connectivity index (χ4n) is 2.86. The number of hydrogen-bond acceptors (Lipinski definition) is 4. The molecule has 0 bridgehead atoms. The number of carbonyl (C=O) groups is 1. The molecule has 1 amide bonds. The van der Waals surface area contributed by atoms with Crippen LogP contribution in [0.4, 0.5) is 4.79 Å². The Kier molecular flexibility index (Phi) is 6.11. The fraction of sp³-hybridized carbons (Fsp3) is 0.611. The number of hydrogen-bond donors (Lipinski definition) is 1. The van der Waals surface area contributed by atoms with E-state index < -0.39 is 21.7 Å². The monoisotopic (exact) mass is 368 g/mol. The van der Waals surface area contributed by atoms with Crippen LogP contribution in [0, 0.1) is 6.92 Å². The maximum atomic E-state index is 13.0. The van der Waals surface area contributed by atoms with E-state index in [4.69, 9.17) is 4.74 Å². The van der Waals surface area contributed by atoms with Crippen LogP contribution in [0.2, 0.25) is 0 Å². The molecule has 25 heavy (non-hydrogen) atoms. The third-order valence-corrected chi connectivity index (χ3v) is 6.05. The number of rotatable bonds is 4. The van der Waals surface area contributed by atoms with Crippen LogP contribution >= 0.6 is 0 Å². The van der Waals surface area contributed by atoms with Crippen molar-refractivity contribution in [3.8, 4) is 0 Å². The highest BCUT2D eigenvalue weighted by Crippen LogP contribution is 2.25. The Morgan fingerprint density at radius 3 is 2.48 bits per heavy atom. The van der Waals surface area contributed by atoms with Gasteiger partial charge < -0.3 is 10.1 Å². The SMILES string of the molecule is Cc1ccc(S(=O)(=O)N2CCCC[C@H]2CNC(=O)OC(C)(C)C)cc1. The van der Waals surface area contributed by atoms with Crippen molar-refractivity contribution in [3.63, 3.8) is 0 Å². The van der Waals surface area contributed by atoms with Crippen molar-refractivity contribution < 1.29 is 17.9 Å². The molecule has 6 nitrogen and oxygen atoms in total. The molecule has 1 aliphatic rings. The van der Waals surface area contributed by atoms with E-state index in [0.717, 1.165) is 24.8 Å². The predicted molar refractivity (Wildman–Crippen MR) is 96.9 cm³/mol. The molecule has 1 aromatic carbocycles. The summed E-state index contributed by atoms with van der Waals surface area (Å²) in [6.45, 7) is 8.02. The van der Waals surface area contributed by atoms with E-state index in [0.29, 0.717) is 11.4 Å². The van der Waals surface area contributed by atoms with Crippen LogP contribution in [0.15, 0.2) is 29.2 Å². The second-order valence-corrected chi connectivity index (χ2v) is 9.35. The van der Waals surface area contributed by atoms with Crippen molar-refractivity contribution in [2.45, 2.75) is 63.5 Å². The quantitative estimate of drug-likeness (QED) is 0.886. The van der Waals surface area contributed by atoms with Crippen molar-refractivity contribution in [3.05, 3.63) is 29.8 Å². The molecule has 1 aromatic rings. The van der Waals surface area contributed by atoms with Crippen LogP contribution in [0.1, 0.15) is 45.6 Å². The summed E-state index contributed by atoms with van der Waals surface area (Å²) in [7, 11) is -3.57. The van der Waals surface area contributed by atoms with Crippen LogP contribution in [0.3, 0.4) is 0 Å². The summed E-state index contributed by atoms with van der Waals surface area (Å²) >= 11 is 0. The second-order valence-electron chi connectivity index (χ2n) is 7.46. The second kappa shape index (κ2) is 7.74. The van der Waals surface area contributed by atoms with Crippen LogP contribution in [-0.4, -0.2) is 43.5 Å². The standard InChI is InChI=1S/C18H28N2O4S/c1-14-8-10-16(11-9-14)25(22,23)20-12-6-5-7-15(20)13-19-17(21)24-18(2,3)4/h8-11,15H,5-7,12-13H2,1-4H3,(H,19,21)/t15-/m0/s1. The number of benzene rings is 1. The molecule has 0 saturated carbocycles. The summed E-state index contributed by atoms with van der Waals surface area (Å²) in [6.07, 6.45) is 1.97. The van der Waals surface area contributed by atoms with Crippen molar-refractivity contribution >= 4 is 16.1 Å². The summed E-state index contributed by atoms with van der Waals surface area (Å²) in [5.41, 5.74) is 0.436. The highest BCUT2D eigenvalue weighted by molar-refractivity contribution is 7.89. The van der Waals surface area contributed by atoms with E-state index in [1.54, 1.807) is 45.0 Å². The van der Waals surface area contributed by atoms with Gasteiger partial charge in [-0.1, -0.05) is 24.1 Å². The van der Waals surface area contributed by atoms with Crippen LogP contribution in [0.5, 0.6) is 0 Å². The lowest BCUT2D eigenvalue weighted by molar-refractivity contribution is 0.0512. The molecular formula is C18H28N2O4S. The smallest absolute Gasteiger partial charge is 0.407 e. The van der Waals surface area contributed by atoms with Crippen LogP contribution in [-0.2, 0) is 14.8 Å². The molecular weight excluding hydrogens is 340 g/mol. The summed E-state index contributed by atoms with van der Waals surface area (Å²) in [6, 6.07) is 6.61. The van der Waals surface area contributed by atoms with Gasteiger partial charge in [-0.3, -0.25) is 0 Å². The zero-order valence-corrected chi connectivity index (χ0v) is 16.2. The number of aryl methyl sites for hydroxylation is 1. The minimum atomic E-state index is -3.57. The third kappa shape index (κ3) is 5.44. The van der Waals surface area contributed by atoms with E-state index in [9.17, 15) is 13.2 Å². The van der Waals surface area contributed by atoms with Gasteiger partial charge in [0.15, 0.2) is 0 Å². The first-order valence-electron chi connectivity index (χ1n) is 8.65. The number of ether oxygens (including phenoxy) is 1. The Labute approximate surface area is 150 Å². The normalized spacial score (nSPS) is 19.4. The fourth-order valence-corrected chi connectivity index (χ4v) is 4.55. The van der Waals surface area contributed by atoms with Gasteiger partial charge in [-0.25, -0.2) is 13.2 Å². The molecule has 0 aromatic heterocycles. The summed E-state index contributed by atoms with van der Waals surface area (Å²) in [4.78, 5) is 12.2. The third-order valence-electron chi connectivity index (χ3n) is 4.08. The van der Waals surface area contributed by atoms with Crippen molar-refractivity contribution in [2.75, 3.05) is 13.1 Å². The van der Waals surface area contributed by atoms with Gasteiger partial charge in [0.1, 0.15) is 5.60 Å². The van der Waals surface area contributed by atoms with Crippen molar-refractivity contribution in [1.82, 2.24) is 9.62 Å². The van der Waals surface area contributed by atoms with Gasteiger partial charge in [0.05, 0.1) is 4.90 Å². The van der Waals surface area contributed by atoms with Crippen LogP contribution in [0.25, 0.3) is 0 Å². The minimum Gasteiger partial charge on any atom is -0.444 e. The van der Waals surface area contributed by atoms with E-state index >= 15 is 0 Å². The first kappa shape index (κ1) is 19.7. The van der Waals surface area contributed by atoms with E-state index in [-0.39, 0.29) is 12.6 Å². The topological polar surface area (TPSA) is 75.7 Å². The Balaban J connectivity index is 2.09. The molecule has 7 heteroatoms. The van der Waals surface area contributed by atoms with Gasteiger partial charge in [0.2, 0.25) is 10.0 Å². The number of carbonyl (C=O) groups excluding carboxylic acids is 1. The largest absolute Gasteiger partial charge is 0.444 e. The van der Waals surface area contributed by atoms with E-state index in [1.807, 2.05) is 6.92 Å². The van der Waals surface area contributed by atoms with Gasteiger partial charge in [0, 0.05) is 19.1 Å². The molecule has 1 saturated heterocycles. The van der Waals surface area contributed by atoms with Crippen molar-refractivity contribution in [2.24, 2.45) is 0 Å². The first-order chi connectivity index (χ1) is 11.6. The summed E-state index contributed by atoms with van der Waals surface area (Å²) in [5, 5.41) is 2.70. The maximum absolute atomic E-state index is 13.0. The Morgan fingerprint density at radius 1 is 1.24 bits per heavy atom. The number of piperidine rings is 1. The van der Waals surface area contributed by atoms with Crippen LogP contribution < -0.4 is 5.32 Å². The molecule has 1 atom stereocenters. The zero-order valence-electron chi connectivity index (χ0n) is 15.4. The maximum Gasteiger partial charge on any atom is 0.407 e. The number of amides is 1. The molecule has 0 aliphatic carbocycles. The average Bonchev–Trinajstić information content (AvgIpc) is 2.52. The highest BCUT2D eigenvalue weighted by Gasteiger charge is 2.33. The molecule has 2 rings (SSSR count). The van der Waals surface area contributed by atoms with Gasteiger partial charge in [-0.2, -0.15) is 4.31 Å². The molecule has 1 aliphatic heterocycles. The van der Waals surface area contributed by atoms with Gasteiger partial charge >= 0.3 is 6.09 Å². The number of sulfonamides is 1.